The third-order valence-electron chi connectivity index (χ3n) is 3.45. The topological polar surface area (TPSA) is 78.4 Å². The smallest absolute Gasteiger partial charge is 0.272 e. The van der Waals surface area contributed by atoms with Gasteiger partial charge >= 0.3 is 0 Å². The van der Waals surface area contributed by atoms with Crippen molar-refractivity contribution in [1.82, 2.24) is 6.15 Å². The molecule has 0 unspecified atom stereocenters. The minimum Gasteiger partial charge on any atom is -0.344 e. The van der Waals surface area contributed by atoms with Gasteiger partial charge in [0, 0.05) is 0 Å². The highest BCUT2D eigenvalue weighted by atomic mass is 32.2. The second-order valence-corrected chi connectivity index (χ2v) is 6.85. The predicted molar refractivity (Wildman–Crippen MR) is 61.6 cm³/mol. The van der Waals surface area contributed by atoms with Crippen molar-refractivity contribution in [3.05, 3.63) is 0 Å². The van der Waals surface area contributed by atoms with Crippen molar-refractivity contribution in [2.45, 2.75) is 50.7 Å². The first-order valence-corrected chi connectivity index (χ1v) is 6.63. The van der Waals surface area contributed by atoms with E-state index in [0.717, 1.165) is 25.7 Å². The average molecular weight is 237 g/mol. The van der Waals surface area contributed by atoms with Gasteiger partial charge in [0.1, 0.15) is 0 Å². The van der Waals surface area contributed by atoms with Gasteiger partial charge in [-0.25, -0.2) is 0 Å². The lowest BCUT2D eigenvalue weighted by Crippen LogP contribution is -2.41. The lowest BCUT2D eigenvalue weighted by molar-refractivity contribution is 0.267. The molecule has 0 radical (unpaired) electrons. The Morgan fingerprint density at radius 2 is 1.60 bits per heavy atom. The van der Waals surface area contributed by atoms with Gasteiger partial charge in [-0.2, -0.15) is 8.42 Å². The van der Waals surface area contributed by atoms with Crippen LogP contribution in [0.3, 0.4) is 0 Å². The van der Waals surface area contributed by atoms with Crippen LogP contribution in [0.15, 0.2) is 0 Å². The van der Waals surface area contributed by atoms with Crippen LogP contribution >= 0.6 is 0 Å². The molecule has 0 heterocycles. The van der Waals surface area contributed by atoms with Crippen LogP contribution in [0.5, 0.6) is 0 Å². The second-order valence-electron chi connectivity index (χ2n) is 4.56. The molecule has 1 fully saturated rings. The Labute approximate surface area is 93.1 Å². The van der Waals surface area contributed by atoms with Crippen LogP contribution in [0.2, 0.25) is 0 Å². The Bertz CT molecular complexity index is 279. The van der Waals surface area contributed by atoms with Crippen LogP contribution in [0.25, 0.3) is 0 Å². The zero-order valence-electron chi connectivity index (χ0n) is 9.95. The summed E-state index contributed by atoms with van der Waals surface area (Å²) < 4.78 is 27.3. The number of hydrogen-bond acceptors (Lipinski definition) is 4. The summed E-state index contributed by atoms with van der Waals surface area (Å²) in [4.78, 5) is 0. The minimum atomic E-state index is -3.40. The van der Waals surface area contributed by atoms with Gasteiger partial charge in [-0.1, -0.05) is 19.3 Å². The first-order chi connectivity index (χ1) is 6.42. The third-order valence-corrected chi connectivity index (χ3v) is 5.51. The molecular weight excluding hydrogens is 214 g/mol. The molecule has 15 heavy (non-hydrogen) atoms. The fourth-order valence-corrected chi connectivity index (χ4v) is 3.29. The molecule has 1 rings (SSSR count). The first-order valence-electron chi connectivity index (χ1n) is 5.22. The van der Waals surface area contributed by atoms with E-state index in [2.05, 4.69) is 4.18 Å². The molecule has 0 aliphatic heterocycles. The van der Waals surface area contributed by atoms with E-state index >= 15 is 0 Å². The molecular formula is C10H23NO3S. The van der Waals surface area contributed by atoms with Crippen LogP contribution in [-0.2, 0) is 14.3 Å². The van der Waals surface area contributed by atoms with Crippen molar-refractivity contribution < 1.29 is 12.6 Å². The minimum absolute atomic E-state index is 0. The summed E-state index contributed by atoms with van der Waals surface area (Å²) in [5.41, 5.74) is 0. The van der Waals surface area contributed by atoms with E-state index in [1.165, 1.54) is 13.5 Å². The molecule has 0 spiro atoms. The van der Waals surface area contributed by atoms with Crippen LogP contribution < -0.4 is 6.15 Å². The quantitative estimate of drug-likeness (QED) is 0.765. The fourth-order valence-electron chi connectivity index (χ4n) is 2.22. The molecule has 0 aromatic carbocycles. The highest BCUT2D eigenvalue weighted by Gasteiger charge is 2.42. The molecule has 0 bridgehead atoms. The molecule has 0 saturated heterocycles. The molecule has 0 atom stereocenters. The van der Waals surface area contributed by atoms with E-state index < -0.39 is 14.9 Å². The van der Waals surface area contributed by atoms with E-state index in [1.807, 2.05) is 0 Å². The Morgan fingerprint density at radius 3 is 2.00 bits per heavy atom. The van der Waals surface area contributed by atoms with Gasteiger partial charge in [-0.05, 0) is 32.6 Å². The summed E-state index contributed by atoms with van der Waals surface area (Å²) in [7, 11) is -2.15. The summed E-state index contributed by atoms with van der Waals surface area (Å²) in [6.45, 7) is 3.56. The highest BCUT2D eigenvalue weighted by Crippen LogP contribution is 2.37. The van der Waals surface area contributed by atoms with Gasteiger partial charge in [0.2, 0.25) is 0 Å². The molecule has 0 aromatic heterocycles. The average Bonchev–Trinajstić information content (AvgIpc) is 2.19. The van der Waals surface area contributed by atoms with Crippen molar-refractivity contribution in [2.24, 2.45) is 5.92 Å². The lowest BCUT2D eigenvalue weighted by Gasteiger charge is -2.35. The maximum absolute atomic E-state index is 11.7. The van der Waals surface area contributed by atoms with E-state index in [0.29, 0.717) is 0 Å². The van der Waals surface area contributed by atoms with Gasteiger partial charge in [-0.15, -0.1) is 0 Å². The molecule has 1 aliphatic carbocycles. The maximum Gasteiger partial charge on any atom is 0.272 e. The summed E-state index contributed by atoms with van der Waals surface area (Å²) in [6, 6.07) is 0. The molecule has 1 saturated carbocycles. The monoisotopic (exact) mass is 237 g/mol. The zero-order chi connectivity index (χ0) is 10.8. The van der Waals surface area contributed by atoms with Gasteiger partial charge in [0.15, 0.2) is 0 Å². The second kappa shape index (κ2) is 5.27. The molecule has 4 nitrogen and oxygen atoms in total. The molecule has 0 aromatic rings. The summed E-state index contributed by atoms with van der Waals surface area (Å²) >= 11 is 0. The van der Waals surface area contributed by atoms with E-state index in [-0.39, 0.29) is 12.1 Å². The molecule has 3 N–H and O–H groups in total. The summed E-state index contributed by atoms with van der Waals surface area (Å²) in [5, 5.41) is 0. The molecule has 1 aliphatic rings. The van der Waals surface area contributed by atoms with Gasteiger partial charge in [0.25, 0.3) is 10.1 Å². The maximum atomic E-state index is 11.7. The largest absolute Gasteiger partial charge is 0.344 e. The summed E-state index contributed by atoms with van der Waals surface area (Å²) in [6.07, 6.45) is 5.55. The van der Waals surface area contributed by atoms with Gasteiger partial charge in [-0.3, -0.25) is 4.18 Å². The van der Waals surface area contributed by atoms with Crippen molar-refractivity contribution >= 4 is 10.1 Å². The SMILES string of the molecule is COS(=O)(=O)C(C)(C)C1CCCCC1.N. The Hall–Kier alpha value is -0.130. The van der Waals surface area contributed by atoms with E-state index in [4.69, 9.17) is 0 Å². The molecule has 92 valence electrons. The number of hydrogen-bond donors (Lipinski definition) is 1. The van der Waals surface area contributed by atoms with Crippen molar-refractivity contribution in [3.8, 4) is 0 Å². The normalized spacial score (nSPS) is 19.7. The van der Waals surface area contributed by atoms with Crippen molar-refractivity contribution in [3.63, 3.8) is 0 Å². The third kappa shape index (κ3) is 2.92. The molecule has 5 heteroatoms. The predicted octanol–water partition coefficient (Wildman–Crippen LogP) is 2.48. The summed E-state index contributed by atoms with van der Waals surface area (Å²) in [5.74, 6) is 0.251. The lowest BCUT2D eigenvalue weighted by atomic mass is 9.81. The van der Waals surface area contributed by atoms with E-state index in [1.54, 1.807) is 13.8 Å². The van der Waals surface area contributed by atoms with Gasteiger partial charge < -0.3 is 6.15 Å². The zero-order valence-corrected chi connectivity index (χ0v) is 10.8. The van der Waals surface area contributed by atoms with Crippen LogP contribution in [0, 0.1) is 5.92 Å². The van der Waals surface area contributed by atoms with Gasteiger partial charge in [0.05, 0.1) is 11.9 Å². The van der Waals surface area contributed by atoms with Crippen LogP contribution in [0.1, 0.15) is 46.0 Å². The highest BCUT2D eigenvalue weighted by molar-refractivity contribution is 7.88. The number of rotatable bonds is 3. The molecule has 0 amide bonds. The first kappa shape index (κ1) is 14.9. The van der Waals surface area contributed by atoms with E-state index in [9.17, 15) is 8.42 Å². The standard InChI is InChI=1S/C10H20O3S.H3N/c1-10(2,14(11,12)13-3)9-7-5-4-6-8-9;/h9H,4-8H2,1-3H3;1H3. The van der Waals surface area contributed by atoms with Crippen LogP contribution in [0.4, 0.5) is 0 Å². The van der Waals surface area contributed by atoms with Crippen molar-refractivity contribution in [2.75, 3.05) is 7.11 Å². The van der Waals surface area contributed by atoms with Crippen LogP contribution in [-0.4, -0.2) is 20.3 Å². The van der Waals surface area contributed by atoms with Crippen molar-refractivity contribution in [1.29, 1.82) is 0 Å². The Morgan fingerprint density at radius 1 is 1.13 bits per heavy atom. The Kier molecular flexibility index (Phi) is 5.23. The fraction of sp³-hybridized carbons (Fsp3) is 1.00. The Balaban J connectivity index is 0.00000196.